The molecule has 1 fully saturated rings. The summed E-state index contributed by atoms with van der Waals surface area (Å²) >= 11 is 3.19. The Morgan fingerprint density at radius 3 is 2.87 bits per heavy atom. The zero-order valence-corrected chi connectivity index (χ0v) is 19.1. The molecule has 0 unspecified atom stereocenters. The minimum atomic E-state index is 0.0927. The summed E-state index contributed by atoms with van der Waals surface area (Å²) in [5.74, 6) is 0.840. The lowest BCUT2D eigenvalue weighted by atomic mass is 10.2. The van der Waals surface area contributed by atoms with Gasteiger partial charge in [0.25, 0.3) is 0 Å². The van der Waals surface area contributed by atoms with Crippen molar-refractivity contribution in [1.29, 1.82) is 0 Å². The van der Waals surface area contributed by atoms with E-state index in [1.54, 1.807) is 29.8 Å². The third-order valence-electron chi connectivity index (χ3n) is 5.31. The van der Waals surface area contributed by atoms with Gasteiger partial charge in [-0.05, 0) is 36.4 Å². The summed E-state index contributed by atoms with van der Waals surface area (Å²) < 4.78 is 12.0. The van der Waals surface area contributed by atoms with Gasteiger partial charge in [0.05, 0.1) is 31.4 Å². The molecular weight excluding hydrogens is 418 g/mol. The number of anilines is 1. The van der Waals surface area contributed by atoms with E-state index in [9.17, 15) is 4.79 Å². The molecule has 8 heteroatoms. The van der Waals surface area contributed by atoms with Gasteiger partial charge >= 0.3 is 0 Å². The summed E-state index contributed by atoms with van der Waals surface area (Å²) in [6.45, 7) is 7.18. The fourth-order valence-electron chi connectivity index (χ4n) is 3.64. The van der Waals surface area contributed by atoms with E-state index >= 15 is 0 Å². The summed E-state index contributed by atoms with van der Waals surface area (Å²) in [5, 5.41) is 2.76. The number of thiazole rings is 1. The van der Waals surface area contributed by atoms with E-state index in [4.69, 9.17) is 14.5 Å². The van der Waals surface area contributed by atoms with Gasteiger partial charge in [-0.25, -0.2) is 4.98 Å². The highest BCUT2D eigenvalue weighted by molar-refractivity contribution is 7.22. The number of morpholine rings is 1. The molecule has 1 aliphatic heterocycles. The van der Waals surface area contributed by atoms with E-state index in [2.05, 4.69) is 11.8 Å². The smallest absolute Gasteiger partial charge is 0.234 e. The number of aryl methyl sites for hydroxylation is 1. The number of ether oxygens (including phenoxy) is 2. The van der Waals surface area contributed by atoms with Crippen LogP contribution in [0.5, 0.6) is 5.75 Å². The molecule has 0 atom stereocenters. The molecule has 1 aliphatic rings. The van der Waals surface area contributed by atoms with Crippen molar-refractivity contribution in [3.63, 3.8) is 0 Å². The predicted octanol–water partition coefficient (Wildman–Crippen LogP) is 3.97. The number of amides is 1. The Hall–Kier alpha value is -2.00. The number of aromatic nitrogens is 1. The molecule has 3 aromatic rings. The van der Waals surface area contributed by atoms with Crippen molar-refractivity contribution in [3.8, 4) is 5.75 Å². The molecule has 0 spiro atoms. The predicted molar refractivity (Wildman–Crippen MR) is 123 cm³/mol. The molecule has 0 radical (unpaired) electrons. The van der Waals surface area contributed by atoms with Crippen LogP contribution in [0, 0.1) is 6.92 Å². The normalized spacial score (nSPS) is 14.9. The fourth-order valence-corrected chi connectivity index (χ4v) is 5.43. The second kappa shape index (κ2) is 9.87. The number of methoxy groups -OCH3 is 1. The van der Waals surface area contributed by atoms with E-state index in [1.807, 2.05) is 34.5 Å². The second-order valence-electron chi connectivity index (χ2n) is 7.37. The topological polar surface area (TPSA) is 54.9 Å². The van der Waals surface area contributed by atoms with Crippen LogP contribution in [0.3, 0.4) is 0 Å². The van der Waals surface area contributed by atoms with Crippen molar-refractivity contribution in [2.24, 2.45) is 0 Å². The molecule has 0 saturated carbocycles. The average molecular weight is 446 g/mol. The van der Waals surface area contributed by atoms with E-state index in [0.29, 0.717) is 13.0 Å². The Bertz CT molecular complexity index is 981. The van der Waals surface area contributed by atoms with Crippen molar-refractivity contribution < 1.29 is 14.3 Å². The van der Waals surface area contributed by atoms with E-state index in [-0.39, 0.29) is 5.91 Å². The largest absolute Gasteiger partial charge is 0.494 e. The molecule has 3 heterocycles. The van der Waals surface area contributed by atoms with Crippen molar-refractivity contribution >= 4 is 43.9 Å². The van der Waals surface area contributed by atoms with Gasteiger partial charge in [-0.3, -0.25) is 14.6 Å². The van der Waals surface area contributed by atoms with Gasteiger partial charge in [-0.1, -0.05) is 23.5 Å². The maximum Gasteiger partial charge on any atom is 0.234 e. The van der Waals surface area contributed by atoms with Crippen LogP contribution < -0.4 is 9.64 Å². The summed E-state index contributed by atoms with van der Waals surface area (Å²) in [6.07, 6.45) is 1.31. The Kier molecular flexibility index (Phi) is 6.99. The van der Waals surface area contributed by atoms with Crippen LogP contribution >= 0.6 is 22.7 Å². The van der Waals surface area contributed by atoms with Crippen LogP contribution in [0.2, 0.25) is 0 Å². The van der Waals surface area contributed by atoms with Crippen molar-refractivity contribution in [2.75, 3.05) is 51.4 Å². The first kappa shape index (κ1) is 21.2. The van der Waals surface area contributed by atoms with Crippen LogP contribution in [-0.2, 0) is 16.0 Å². The molecule has 30 heavy (non-hydrogen) atoms. The third kappa shape index (κ3) is 4.83. The molecule has 160 valence electrons. The van der Waals surface area contributed by atoms with E-state index in [0.717, 1.165) is 70.8 Å². The minimum Gasteiger partial charge on any atom is -0.494 e. The van der Waals surface area contributed by atoms with Gasteiger partial charge in [0.1, 0.15) is 11.3 Å². The summed E-state index contributed by atoms with van der Waals surface area (Å²) in [4.78, 5) is 23.4. The van der Waals surface area contributed by atoms with Crippen LogP contribution in [0.15, 0.2) is 29.6 Å². The SMILES string of the molecule is COc1ccc(C)c2sc(N(CCCN3CCOCC3)C(=O)Cc3cccs3)nc12. The number of carbonyl (C=O) groups is 1. The lowest BCUT2D eigenvalue weighted by Gasteiger charge is -2.27. The first-order chi connectivity index (χ1) is 14.7. The fraction of sp³-hybridized carbons (Fsp3) is 0.455. The first-order valence-corrected chi connectivity index (χ1v) is 11.9. The van der Waals surface area contributed by atoms with Crippen molar-refractivity contribution in [2.45, 2.75) is 19.8 Å². The second-order valence-corrected chi connectivity index (χ2v) is 9.38. The zero-order valence-electron chi connectivity index (χ0n) is 17.4. The Morgan fingerprint density at radius 1 is 1.30 bits per heavy atom. The highest BCUT2D eigenvalue weighted by Gasteiger charge is 2.22. The van der Waals surface area contributed by atoms with Crippen LogP contribution in [0.4, 0.5) is 5.13 Å². The number of rotatable bonds is 8. The van der Waals surface area contributed by atoms with Crippen molar-refractivity contribution in [3.05, 3.63) is 40.1 Å². The Balaban J connectivity index is 1.56. The highest BCUT2D eigenvalue weighted by Crippen LogP contribution is 2.36. The molecular formula is C22H27N3O3S2. The lowest BCUT2D eigenvalue weighted by Crippen LogP contribution is -2.39. The molecule has 0 N–H and O–H groups in total. The number of fused-ring (bicyclic) bond motifs is 1. The van der Waals surface area contributed by atoms with E-state index < -0.39 is 0 Å². The van der Waals surface area contributed by atoms with Gasteiger partial charge < -0.3 is 9.47 Å². The number of carbonyl (C=O) groups excluding carboxylic acids is 1. The van der Waals surface area contributed by atoms with Gasteiger partial charge in [0.15, 0.2) is 5.13 Å². The summed E-state index contributed by atoms with van der Waals surface area (Å²) in [6, 6.07) is 7.98. The number of nitrogens with zero attached hydrogens (tertiary/aromatic N) is 3. The molecule has 2 aromatic heterocycles. The molecule has 0 bridgehead atoms. The van der Waals surface area contributed by atoms with Gasteiger partial charge in [0, 0.05) is 31.1 Å². The molecule has 1 aromatic carbocycles. The van der Waals surface area contributed by atoms with Crippen LogP contribution in [0.25, 0.3) is 10.2 Å². The van der Waals surface area contributed by atoms with Gasteiger partial charge in [-0.2, -0.15) is 0 Å². The highest BCUT2D eigenvalue weighted by atomic mass is 32.1. The van der Waals surface area contributed by atoms with E-state index in [1.165, 1.54) is 0 Å². The van der Waals surface area contributed by atoms with Crippen molar-refractivity contribution in [1.82, 2.24) is 9.88 Å². The maximum atomic E-state index is 13.2. The summed E-state index contributed by atoms with van der Waals surface area (Å²) in [5.41, 5.74) is 1.98. The lowest BCUT2D eigenvalue weighted by molar-refractivity contribution is -0.118. The number of thiophene rings is 1. The summed E-state index contributed by atoms with van der Waals surface area (Å²) in [7, 11) is 1.66. The average Bonchev–Trinajstić information content (AvgIpc) is 3.43. The molecule has 0 aliphatic carbocycles. The Labute approximate surface area is 185 Å². The number of benzene rings is 1. The zero-order chi connectivity index (χ0) is 20.9. The number of hydrogen-bond donors (Lipinski definition) is 0. The van der Waals surface area contributed by atoms with Gasteiger partial charge in [0.2, 0.25) is 5.91 Å². The third-order valence-corrected chi connectivity index (χ3v) is 7.40. The van der Waals surface area contributed by atoms with Gasteiger partial charge in [-0.15, -0.1) is 11.3 Å². The monoisotopic (exact) mass is 445 g/mol. The molecule has 6 nitrogen and oxygen atoms in total. The Morgan fingerprint density at radius 2 is 2.13 bits per heavy atom. The minimum absolute atomic E-state index is 0.0927. The quantitative estimate of drug-likeness (QED) is 0.525. The van der Waals surface area contributed by atoms with Crippen LogP contribution in [0.1, 0.15) is 16.9 Å². The standard InChI is InChI=1S/C22H27N3O3S2/c1-16-6-7-18(27-2)20-21(16)30-22(23-20)25(19(26)15-17-5-3-14-29-17)9-4-8-24-10-12-28-13-11-24/h3,5-7,14H,4,8-13,15H2,1-2H3. The maximum absolute atomic E-state index is 13.2. The molecule has 4 rings (SSSR count). The van der Waals surface area contributed by atoms with Crippen LogP contribution in [-0.4, -0.2) is 62.3 Å². The molecule has 1 amide bonds. The first-order valence-electron chi connectivity index (χ1n) is 10.2. The number of hydrogen-bond acceptors (Lipinski definition) is 7. The molecule has 1 saturated heterocycles.